The van der Waals surface area contributed by atoms with E-state index >= 15 is 0 Å². The summed E-state index contributed by atoms with van der Waals surface area (Å²) in [7, 11) is 0. The highest BCUT2D eigenvalue weighted by Crippen LogP contribution is 2.31. The molecule has 0 aromatic heterocycles. The highest BCUT2D eigenvalue weighted by molar-refractivity contribution is 9.10. The van der Waals surface area contributed by atoms with E-state index in [1.807, 2.05) is 43.3 Å². The van der Waals surface area contributed by atoms with Crippen molar-refractivity contribution < 1.29 is 0 Å². The Morgan fingerprint density at radius 3 is 2.74 bits per heavy atom. The summed E-state index contributed by atoms with van der Waals surface area (Å²) in [5.41, 5.74) is 9.42. The molecule has 0 aliphatic heterocycles. The van der Waals surface area contributed by atoms with Crippen LogP contribution < -0.4 is 11.1 Å². The molecule has 0 heterocycles. The van der Waals surface area contributed by atoms with Gasteiger partial charge in [0.1, 0.15) is 4.99 Å². The highest BCUT2D eigenvalue weighted by atomic mass is 79.9. The lowest BCUT2D eigenvalue weighted by Gasteiger charge is -2.15. The molecule has 0 bridgehead atoms. The van der Waals surface area contributed by atoms with E-state index in [0.717, 1.165) is 27.0 Å². The molecule has 2 aromatic rings. The molecule has 0 aliphatic rings. The SMILES string of the molecule is Cc1cccc(C(N)=S)c1Nc1cc(Cl)ccc1Br. The maximum Gasteiger partial charge on any atom is 0.106 e. The van der Waals surface area contributed by atoms with Crippen LogP contribution >= 0.6 is 39.7 Å². The standard InChI is InChI=1S/C14H12BrClN2S/c1-8-3-2-4-10(14(17)19)13(8)18-12-7-9(16)5-6-11(12)15/h2-7,18H,1H3,(H2,17,19). The van der Waals surface area contributed by atoms with E-state index in [1.165, 1.54) is 0 Å². The quantitative estimate of drug-likeness (QED) is 0.778. The summed E-state index contributed by atoms with van der Waals surface area (Å²) in [6, 6.07) is 11.4. The maximum absolute atomic E-state index is 6.01. The van der Waals surface area contributed by atoms with Crippen LogP contribution in [-0.4, -0.2) is 4.99 Å². The molecule has 0 spiro atoms. The van der Waals surface area contributed by atoms with Gasteiger partial charge in [-0.1, -0.05) is 36.0 Å². The smallest absolute Gasteiger partial charge is 0.106 e. The summed E-state index contributed by atoms with van der Waals surface area (Å²) in [5, 5.41) is 4.00. The topological polar surface area (TPSA) is 38.0 Å². The molecule has 0 saturated heterocycles. The third-order valence-corrected chi connectivity index (χ3v) is 3.87. The first-order valence-electron chi connectivity index (χ1n) is 5.60. The second kappa shape index (κ2) is 5.90. The number of nitrogens with two attached hydrogens (primary N) is 1. The van der Waals surface area contributed by atoms with Gasteiger partial charge in [0.2, 0.25) is 0 Å². The summed E-state index contributed by atoms with van der Waals surface area (Å²) < 4.78 is 0.925. The first-order valence-corrected chi connectivity index (χ1v) is 7.18. The van der Waals surface area contributed by atoms with Crippen LogP contribution in [0, 0.1) is 6.92 Å². The van der Waals surface area contributed by atoms with Crippen LogP contribution in [0.2, 0.25) is 5.02 Å². The predicted octanol–water partition coefficient (Wildman–Crippen LogP) is 4.79. The first kappa shape index (κ1) is 14.3. The van der Waals surface area contributed by atoms with Gasteiger partial charge in [-0.2, -0.15) is 0 Å². The predicted molar refractivity (Wildman–Crippen MR) is 89.5 cm³/mol. The fourth-order valence-electron chi connectivity index (χ4n) is 1.77. The van der Waals surface area contributed by atoms with Gasteiger partial charge in [0.05, 0.1) is 11.4 Å². The van der Waals surface area contributed by atoms with Gasteiger partial charge in [-0.15, -0.1) is 0 Å². The normalized spacial score (nSPS) is 10.3. The fraction of sp³-hybridized carbons (Fsp3) is 0.0714. The summed E-state index contributed by atoms with van der Waals surface area (Å²) in [4.78, 5) is 0.365. The number of hydrogen-bond donors (Lipinski definition) is 2. The number of para-hydroxylation sites is 1. The number of benzene rings is 2. The Morgan fingerprint density at radius 1 is 1.32 bits per heavy atom. The molecular formula is C14H12BrClN2S. The minimum atomic E-state index is 0.365. The molecular weight excluding hydrogens is 344 g/mol. The Labute approximate surface area is 131 Å². The van der Waals surface area contributed by atoms with Gasteiger partial charge < -0.3 is 11.1 Å². The average Bonchev–Trinajstić information content (AvgIpc) is 2.35. The summed E-state index contributed by atoms with van der Waals surface area (Å²) in [5.74, 6) is 0. The number of hydrogen-bond acceptors (Lipinski definition) is 2. The van der Waals surface area contributed by atoms with Crippen molar-refractivity contribution >= 4 is 56.1 Å². The van der Waals surface area contributed by atoms with E-state index in [1.54, 1.807) is 0 Å². The Bertz CT molecular complexity index is 643. The number of thiocarbonyl (C=S) groups is 1. The Morgan fingerprint density at radius 2 is 2.05 bits per heavy atom. The van der Waals surface area contributed by atoms with Gasteiger partial charge in [0.15, 0.2) is 0 Å². The van der Waals surface area contributed by atoms with Crippen molar-refractivity contribution in [2.24, 2.45) is 5.73 Å². The number of aryl methyl sites for hydroxylation is 1. The van der Waals surface area contributed by atoms with Crippen molar-refractivity contribution in [3.05, 3.63) is 57.0 Å². The molecule has 2 rings (SSSR count). The molecule has 5 heteroatoms. The van der Waals surface area contributed by atoms with Gasteiger partial charge in [-0.05, 0) is 52.7 Å². The second-order valence-corrected chi connectivity index (χ2v) is 5.84. The Balaban J connectivity index is 2.49. The Kier molecular flexibility index (Phi) is 4.45. The largest absolute Gasteiger partial charge is 0.389 e. The van der Waals surface area contributed by atoms with Crippen molar-refractivity contribution in [1.29, 1.82) is 0 Å². The molecule has 0 saturated carbocycles. The van der Waals surface area contributed by atoms with Crippen LogP contribution in [0.5, 0.6) is 0 Å². The molecule has 2 nitrogen and oxygen atoms in total. The molecule has 3 N–H and O–H groups in total. The van der Waals surface area contributed by atoms with Gasteiger partial charge in [0.25, 0.3) is 0 Å². The third-order valence-electron chi connectivity index (χ3n) is 2.73. The zero-order valence-corrected chi connectivity index (χ0v) is 13.4. The van der Waals surface area contributed by atoms with E-state index in [9.17, 15) is 0 Å². The lowest BCUT2D eigenvalue weighted by atomic mass is 10.1. The summed E-state index contributed by atoms with van der Waals surface area (Å²) in [6.07, 6.45) is 0. The van der Waals surface area contributed by atoms with Gasteiger partial charge in [-0.25, -0.2) is 0 Å². The molecule has 0 fully saturated rings. The molecule has 0 atom stereocenters. The zero-order valence-electron chi connectivity index (χ0n) is 10.2. The van der Waals surface area contributed by atoms with Crippen LogP contribution in [0.15, 0.2) is 40.9 Å². The lowest BCUT2D eigenvalue weighted by Crippen LogP contribution is -2.12. The van der Waals surface area contributed by atoms with Crippen molar-refractivity contribution in [3.63, 3.8) is 0 Å². The van der Waals surface area contributed by atoms with Crippen LogP contribution in [-0.2, 0) is 0 Å². The molecule has 2 aromatic carbocycles. The van der Waals surface area contributed by atoms with Gasteiger partial charge in [0, 0.05) is 15.1 Å². The maximum atomic E-state index is 6.01. The van der Waals surface area contributed by atoms with Gasteiger partial charge >= 0.3 is 0 Å². The molecule has 0 aliphatic carbocycles. The number of anilines is 2. The minimum absolute atomic E-state index is 0.365. The Hall–Kier alpha value is -1.10. The van der Waals surface area contributed by atoms with Crippen molar-refractivity contribution in [2.45, 2.75) is 6.92 Å². The van der Waals surface area contributed by atoms with Crippen LogP contribution in [0.25, 0.3) is 0 Å². The monoisotopic (exact) mass is 354 g/mol. The fourth-order valence-corrected chi connectivity index (χ4v) is 2.45. The number of rotatable bonds is 3. The van der Waals surface area contributed by atoms with E-state index in [4.69, 9.17) is 29.6 Å². The molecule has 0 amide bonds. The zero-order chi connectivity index (χ0) is 14.0. The molecule has 19 heavy (non-hydrogen) atoms. The van der Waals surface area contributed by atoms with Crippen molar-refractivity contribution in [3.8, 4) is 0 Å². The highest BCUT2D eigenvalue weighted by Gasteiger charge is 2.10. The minimum Gasteiger partial charge on any atom is -0.389 e. The van der Waals surface area contributed by atoms with E-state index in [0.29, 0.717) is 10.0 Å². The second-order valence-electron chi connectivity index (χ2n) is 4.11. The molecule has 0 unspecified atom stereocenters. The summed E-state index contributed by atoms with van der Waals surface area (Å²) in [6.45, 7) is 2.00. The van der Waals surface area contributed by atoms with Crippen LogP contribution in [0.1, 0.15) is 11.1 Å². The lowest BCUT2D eigenvalue weighted by molar-refractivity contribution is 1.41. The first-order chi connectivity index (χ1) is 8.99. The van der Waals surface area contributed by atoms with E-state index in [-0.39, 0.29) is 0 Å². The third kappa shape index (κ3) is 3.26. The van der Waals surface area contributed by atoms with Gasteiger partial charge in [-0.3, -0.25) is 0 Å². The van der Waals surface area contributed by atoms with Crippen LogP contribution in [0.3, 0.4) is 0 Å². The number of nitrogens with one attached hydrogen (secondary N) is 1. The van der Waals surface area contributed by atoms with E-state index in [2.05, 4.69) is 21.2 Å². The van der Waals surface area contributed by atoms with E-state index < -0.39 is 0 Å². The van der Waals surface area contributed by atoms with Crippen LogP contribution in [0.4, 0.5) is 11.4 Å². The van der Waals surface area contributed by atoms with Crippen molar-refractivity contribution in [2.75, 3.05) is 5.32 Å². The number of halogens is 2. The molecule has 0 radical (unpaired) electrons. The van der Waals surface area contributed by atoms with Crippen molar-refractivity contribution in [1.82, 2.24) is 0 Å². The molecule has 98 valence electrons. The average molecular weight is 356 g/mol. The summed E-state index contributed by atoms with van der Waals surface area (Å²) >= 11 is 14.6.